The number of aryl methyl sites for hydroxylation is 1. The molecule has 23 heavy (non-hydrogen) atoms. The summed E-state index contributed by atoms with van der Waals surface area (Å²) >= 11 is 0. The predicted octanol–water partition coefficient (Wildman–Crippen LogP) is 0.835. The van der Waals surface area contributed by atoms with Crippen molar-refractivity contribution in [3.05, 3.63) is 22.6 Å². The van der Waals surface area contributed by atoms with Crippen LogP contribution in [0.4, 0.5) is 5.69 Å². The number of nitriles is 1. The fourth-order valence-corrected chi connectivity index (χ4v) is 3.15. The molecule has 3 heterocycles. The van der Waals surface area contributed by atoms with Gasteiger partial charge in [-0.1, -0.05) is 6.92 Å². The molecule has 2 aromatic heterocycles. The molecule has 122 valence electrons. The molecule has 0 radical (unpaired) electrons. The van der Waals surface area contributed by atoms with Crippen molar-refractivity contribution in [3.8, 4) is 6.07 Å². The average Bonchev–Trinajstić information content (AvgIpc) is 2.96. The van der Waals surface area contributed by atoms with Gasteiger partial charge >= 0.3 is 0 Å². The van der Waals surface area contributed by atoms with Gasteiger partial charge in [0, 0.05) is 38.3 Å². The van der Waals surface area contributed by atoms with Crippen LogP contribution in [0.25, 0.3) is 11.0 Å². The molecule has 7 heteroatoms. The summed E-state index contributed by atoms with van der Waals surface area (Å²) < 4.78 is 3.18. The minimum Gasteiger partial charge on any atom is -0.364 e. The van der Waals surface area contributed by atoms with Crippen molar-refractivity contribution in [2.75, 3.05) is 18.0 Å². The molecular weight excluding hydrogens is 292 g/mol. The largest absolute Gasteiger partial charge is 0.364 e. The molecule has 1 saturated heterocycles. The Bertz CT molecular complexity index is 814. The first-order chi connectivity index (χ1) is 11.0. The highest BCUT2D eigenvalue weighted by molar-refractivity contribution is 5.88. The first-order valence-electron chi connectivity index (χ1n) is 7.99. The van der Waals surface area contributed by atoms with Gasteiger partial charge in [-0.05, 0) is 13.3 Å². The Kier molecular flexibility index (Phi) is 4.09. The van der Waals surface area contributed by atoms with Gasteiger partial charge in [-0.25, -0.2) is 0 Å². The lowest BCUT2D eigenvalue weighted by atomic mass is 10.1. The lowest BCUT2D eigenvalue weighted by Crippen LogP contribution is -2.55. The second-order valence-corrected chi connectivity index (χ2v) is 6.16. The van der Waals surface area contributed by atoms with Crippen LogP contribution >= 0.6 is 0 Å². The highest BCUT2D eigenvalue weighted by Gasteiger charge is 2.27. The Hall–Kier alpha value is -2.33. The lowest BCUT2D eigenvalue weighted by molar-refractivity contribution is 0.398. The van der Waals surface area contributed by atoms with Crippen LogP contribution in [0.2, 0.25) is 0 Å². The van der Waals surface area contributed by atoms with Crippen molar-refractivity contribution >= 4 is 16.7 Å². The van der Waals surface area contributed by atoms with E-state index in [1.54, 1.807) is 28.6 Å². The SMILES string of the molecule is CC[C@@H]1CN(c2cc(=O)n(C)c3cn(CC#N)nc23)[C@@H](C)CN1. The molecule has 1 N–H and O–H groups in total. The van der Waals surface area contributed by atoms with E-state index in [1.807, 2.05) is 0 Å². The maximum atomic E-state index is 12.3. The summed E-state index contributed by atoms with van der Waals surface area (Å²) in [6.45, 7) is 6.22. The minimum absolute atomic E-state index is 0.0530. The highest BCUT2D eigenvalue weighted by atomic mass is 16.1. The normalized spacial score (nSPS) is 21.6. The zero-order valence-electron chi connectivity index (χ0n) is 13.8. The standard InChI is InChI=1S/C16H22N6O/c1-4-12-9-22(11(2)8-18-12)13-7-15(23)20(3)14-10-21(6-5-17)19-16(13)14/h7,10-12,18H,4,6,8-9H2,1-3H3/t11-,12+/m0/s1. The van der Waals surface area contributed by atoms with Gasteiger partial charge in [0.2, 0.25) is 0 Å². The Morgan fingerprint density at radius 1 is 1.52 bits per heavy atom. The molecule has 1 aliphatic heterocycles. The minimum atomic E-state index is -0.0530. The van der Waals surface area contributed by atoms with Gasteiger partial charge in [0.15, 0.2) is 0 Å². The topological polar surface area (TPSA) is 78.9 Å². The Balaban J connectivity index is 2.14. The van der Waals surface area contributed by atoms with Gasteiger partial charge in [-0.15, -0.1) is 0 Å². The number of aromatic nitrogens is 3. The van der Waals surface area contributed by atoms with E-state index in [2.05, 4.69) is 35.2 Å². The maximum Gasteiger partial charge on any atom is 0.252 e. The average molecular weight is 314 g/mol. The molecule has 0 saturated carbocycles. The number of hydrogen-bond donors (Lipinski definition) is 1. The van der Waals surface area contributed by atoms with Crippen LogP contribution in [-0.2, 0) is 13.6 Å². The molecule has 0 amide bonds. The van der Waals surface area contributed by atoms with Crippen LogP contribution in [0.15, 0.2) is 17.1 Å². The van der Waals surface area contributed by atoms with Gasteiger partial charge < -0.3 is 14.8 Å². The van der Waals surface area contributed by atoms with E-state index in [-0.39, 0.29) is 18.1 Å². The number of nitrogens with zero attached hydrogens (tertiary/aromatic N) is 5. The molecule has 0 bridgehead atoms. The fourth-order valence-electron chi connectivity index (χ4n) is 3.15. The molecule has 0 unspecified atom stereocenters. The summed E-state index contributed by atoms with van der Waals surface area (Å²) in [4.78, 5) is 14.6. The summed E-state index contributed by atoms with van der Waals surface area (Å²) in [5, 5.41) is 17.0. The number of nitrogens with one attached hydrogen (secondary N) is 1. The molecule has 0 aromatic carbocycles. The third-order valence-electron chi connectivity index (χ3n) is 4.62. The van der Waals surface area contributed by atoms with Gasteiger partial charge in [-0.3, -0.25) is 9.48 Å². The quantitative estimate of drug-likeness (QED) is 0.908. The lowest BCUT2D eigenvalue weighted by Gasteiger charge is -2.40. The molecule has 3 rings (SSSR count). The molecule has 0 spiro atoms. The van der Waals surface area contributed by atoms with Gasteiger partial charge in [0.05, 0.1) is 23.5 Å². The number of rotatable bonds is 3. The Morgan fingerprint density at radius 2 is 2.30 bits per heavy atom. The number of pyridine rings is 1. The molecular formula is C16H22N6O. The summed E-state index contributed by atoms with van der Waals surface area (Å²) in [5.74, 6) is 0. The van der Waals surface area contributed by atoms with E-state index in [9.17, 15) is 4.79 Å². The Labute approximate surface area is 135 Å². The summed E-state index contributed by atoms with van der Waals surface area (Å²) in [6.07, 6.45) is 2.81. The fraction of sp³-hybridized carbons (Fsp3) is 0.562. The van der Waals surface area contributed by atoms with Gasteiger partial charge in [-0.2, -0.15) is 10.4 Å². The van der Waals surface area contributed by atoms with Crippen molar-refractivity contribution < 1.29 is 0 Å². The van der Waals surface area contributed by atoms with Crippen molar-refractivity contribution in [1.82, 2.24) is 19.7 Å². The van der Waals surface area contributed by atoms with Crippen molar-refractivity contribution in [2.45, 2.75) is 38.9 Å². The van der Waals surface area contributed by atoms with E-state index in [0.29, 0.717) is 6.04 Å². The number of anilines is 1. The van der Waals surface area contributed by atoms with E-state index in [1.165, 1.54) is 0 Å². The summed E-state index contributed by atoms with van der Waals surface area (Å²) in [7, 11) is 1.74. The second kappa shape index (κ2) is 6.05. The number of hydrogen-bond acceptors (Lipinski definition) is 5. The van der Waals surface area contributed by atoms with Crippen LogP contribution in [0.5, 0.6) is 0 Å². The van der Waals surface area contributed by atoms with Crippen molar-refractivity contribution in [2.24, 2.45) is 7.05 Å². The van der Waals surface area contributed by atoms with Crippen LogP contribution in [0, 0.1) is 11.3 Å². The first kappa shape index (κ1) is 15.6. The first-order valence-corrected chi connectivity index (χ1v) is 7.99. The smallest absolute Gasteiger partial charge is 0.252 e. The van der Waals surface area contributed by atoms with Crippen LogP contribution < -0.4 is 15.8 Å². The predicted molar refractivity (Wildman–Crippen MR) is 89.5 cm³/mol. The third-order valence-corrected chi connectivity index (χ3v) is 4.62. The zero-order valence-corrected chi connectivity index (χ0v) is 13.8. The monoisotopic (exact) mass is 314 g/mol. The molecule has 1 aliphatic rings. The van der Waals surface area contributed by atoms with Crippen LogP contribution in [0.3, 0.4) is 0 Å². The third kappa shape index (κ3) is 2.70. The van der Waals surface area contributed by atoms with Gasteiger partial charge in [0.25, 0.3) is 5.56 Å². The Morgan fingerprint density at radius 3 is 3.00 bits per heavy atom. The van der Waals surface area contributed by atoms with E-state index < -0.39 is 0 Å². The molecule has 1 fully saturated rings. The maximum absolute atomic E-state index is 12.3. The number of piperazine rings is 1. The second-order valence-electron chi connectivity index (χ2n) is 6.16. The molecule has 7 nitrogen and oxygen atoms in total. The highest BCUT2D eigenvalue weighted by Crippen LogP contribution is 2.27. The summed E-state index contributed by atoms with van der Waals surface area (Å²) in [6, 6.07) is 4.45. The molecule has 2 atom stereocenters. The van der Waals surface area contributed by atoms with Crippen LogP contribution in [0.1, 0.15) is 20.3 Å². The summed E-state index contributed by atoms with van der Waals surface area (Å²) in [5.41, 5.74) is 2.36. The number of fused-ring (bicyclic) bond motifs is 1. The zero-order chi connectivity index (χ0) is 16.6. The molecule has 0 aliphatic carbocycles. The van der Waals surface area contributed by atoms with Crippen molar-refractivity contribution in [1.29, 1.82) is 5.26 Å². The van der Waals surface area contributed by atoms with E-state index in [4.69, 9.17) is 5.26 Å². The van der Waals surface area contributed by atoms with Crippen LogP contribution in [-0.4, -0.2) is 39.5 Å². The van der Waals surface area contributed by atoms with Crippen molar-refractivity contribution in [3.63, 3.8) is 0 Å². The van der Waals surface area contributed by atoms with Gasteiger partial charge in [0.1, 0.15) is 12.1 Å². The molecule has 2 aromatic rings. The van der Waals surface area contributed by atoms with E-state index >= 15 is 0 Å². The van der Waals surface area contributed by atoms with E-state index in [0.717, 1.165) is 36.2 Å².